The molecule has 0 saturated heterocycles. The molecule has 0 amide bonds. The maximum Gasteiger partial charge on any atom is 0.214 e. The van der Waals surface area contributed by atoms with Gasteiger partial charge in [0.25, 0.3) is 0 Å². The lowest BCUT2D eigenvalue weighted by molar-refractivity contribution is 0.583. The molecule has 2 rings (SSSR count). The highest BCUT2D eigenvalue weighted by molar-refractivity contribution is 8.02. The van der Waals surface area contributed by atoms with E-state index in [0.29, 0.717) is 17.4 Å². The first kappa shape index (κ1) is 9.03. The zero-order valence-electron chi connectivity index (χ0n) is 7.14. The van der Waals surface area contributed by atoms with Crippen LogP contribution in [0, 0.1) is 17.3 Å². The van der Waals surface area contributed by atoms with Crippen LogP contribution in [-0.2, 0) is 0 Å². The second-order valence-corrected chi connectivity index (χ2v) is 3.48. The lowest BCUT2D eigenvalue weighted by Gasteiger charge is -2.15. The van der Waals surface area contributed by atoms with Crippen molar-refractivity contribution in [2.45, 2.75) is 0 Å². The Bertz CT molecular complexity index is 424. The van der Waals surface area contributed by atoms with Crippen molar-refractivity contribution in [2.24, 2.45) is 0 Å². The van der Waals surface area contributed by atoms with Crippen LogP contribution >= 0.6 is 11.8 Å². The van der Waals surface area contributed by atoms with E-state index >= 15 is 0 Å². The number of halogens is 1. The zero-order chi connectivity index (χ0) is 9.97. The first-order valence-corrected chi connectivity index (χ1v) is 4.98. The van der Waals surface area contributed by atoms with Crippen LogP contribution in [0.5, 0.6) is 0 Å². The molecular weight excluding hydrogens is 201 g/mol. The predicted octanol–water partition coefficient (Wildman–Crippen LogP) is 2.10. The highest BCUT2D eigenvalue weighted by Gasteiger charge is 2.18. The van der Waals surface area contributed by atoms with Gasteiger partial charge in [-0.15, -0.1) is 11.8 Å². The Morgan fingerprint density at radius 2 is 2.43 bits per heavy atom. The molecule has 1 aromatic rings. The summed E-state index contributed by atoms with van der Waals surface area (Å²) in [7, 11) is 0. The molecule has 0 aromatic carbocycles. The van der Waals surface area contributed by atoms with Crippen LogP contribution in [0.3, 0.4) is 0 Å². The Morgan fingerprint density at radius 1 is 1.57 bits per heavy atom. The van der Waals surface area contributed by atoms with Gasteiger partial charge in [-0.3, -0.25) is 0 Å². The molecule has 0 N–H and O–H groups in total. The van der Waals surface area contributed by atoms with E-state index in [1.54, 1.807) is 22.4 Å². The largest absolute Gasteiger partial charge is 0.307 e. The Labute approximate surface area is 84.9 Å². The monoisotopic (exact) mass is 207 g/mol. The molecule has 0 unspecified atom stereocenters. The molecule has 1 aliphatic heterocycles. The van der Waals surface area contributed by atoms with Gasteiger partial charge in [0.2, 0.25) is 5.95 Å². The van der Waals surface area contributed by atoms with Crippen molar-refractivity contribution in [3.8, 4) is 6.07 Å². The van der Waals surface area contributed by atoms with Crippen molar-refractivity contribution in [3.63, 3.8) is 0 Å². The lowest BCUT2D eigenvalue weighted by atomic mass is 10.4. The van der Waals surface area contributed by atoms with Crippen LogP contribution in [0.25, 0.3) is 0 Å². The van der Waals surface area contributed by atoms with Gasteiger partial charge in [-0.25, -0.2) is 4.98 Å². The van der Waals surface area contributed by atoms with Gasteiger partial charge in [-0.1, -0.05) is 6.07 Å². The molecule has 3 nitrogen and oxygen atoms in total. The third-order valence-corrected chi connectivity index (χ3v) is 2.58. The minimum atomic E-state index is -0.531. The van der Waals surface area contributed by atoms with E-state index in [0.717, 1.165) is 0 Å². The number of hydrogen-bond acceptors (Lipinski definition) is 4. The molecule has 0 radical (unpaired) electrons. The number of rotatable bonds is 1. The van der Waals surface area contributed by atoms with Gasteiger partial charge < -0.3 is 4.90 Å². The molecular formula is C9H6FN3S. The van der Waals surface area contributed by atoms with Crippen molar-refractivity contribution >= 4 is 17.6 Å². The standard InChI is InChI=1S/C9H6FN3S/c10-8-2-1-3-9(12-8)13-6-14-5-7(13)4-11/h1-3,5H,6H2. The van der Waals surface area contributed by atoms with Crippen LogP contribution in [0.15, 0.2) is 29.3 Å². The van der Waals surface area contributed by atoms with Gasteiger partial charge in [-0.05, 0) is 12.1 Å². The number of anilines is 1. The van der Waals surface area contributed by atoms with Crippen molar-refractivity contribution < 1.29 is 4.39 Å². The van der Waals surface area contributed by atoms with Crippen molar-refractivity contribution in [1.29, 1.82) is 5.26 Å². The summed E-state index contributed by atoms with van der Waals surface area (Å²) in [4.78, 5) is 5.38. The number of pyridine rings is 1. The Hall–Kier alpha value is -1.54. The topological polar surface area (TPSA) is 39.9 Å². The van der Waals surface area contributed by atoms with Gasteiger partial charge in [-0.2, -0.15) is 9.65 Å². The number of allylic oxidation sites excluding steroid dienone is 1. The summed E-state index contributed by atoms with van der Waals surface area (Å²) in [5, 5.41) is 10.5. The summed E-state index contributed by atoms with van der Waals surface area (Å²) in [6.07, 6.45) is 0. The molecule has 0 saturated carbocycles. The van der Waals surface area contributed by atoms with Crippen molar-refractivity contribution in [2.75, 3.05) is 10.8 Å². The van der Waals surface area contributed by atoms with Gasteiger partial charge in [0.15, 0.2) is 0 Å². The first-order chi connectivity index (χ1) is 6.81. The Balaban J connectivity index is 2.33. The summed E-state index contributed by atoms with van der Waals surface area (Å²) >= 11 is 1.49. The average Bonchev–Trinajstić information content (AvgIpc) is 2.65. The van der Waals surface area contributed by atoms with Gasteiger partial charge in [0.05, 0.1) is 5.88 Å². The summed E-state index contributed by atoms with van der Waals surface area (Å²) in [6, 6.07) is 6.58. The number of hydrogen-bond donors (Lipinski definition) is 0. The van der Waals surface area contributed by atoms with E-state index in [1.165, 1.54) is 17.8 Å². The van der Waals surface area contributed by atoms with Crippen LogP contribution in [0.4, 0.5) is 10.2 Å². The van der Waals surface area contributed by atoms with Gasteiger partial charge >= 0.3 is 0 Å². The number of nitriles is 1. The van der Waals surface area contributed by atoms with E-state index in [2.05, 4.69) is 4.98 Å². The fraction of sp³-hybridized carbons (Fsp3) is 0.111. The molecule has 1 aliphatic rings. The zero-order valence-corrected chi connectivity index (χ0v) is 7.96. The lowest BCUT2D eigenvalue weighted by Crippen LogP contribution is -2.18. The normalized spacial score (nSPS) is 15.1. The maximum absolute atomic E-state index is 12.8. The highest BCUT2D eigenvalue weighted by Crippen LogP contribution is 2.27. The second-order valence-electron chi connectivity index (χ2n) is 2.66. The molecule has 0 aliphatic carbocycles. The molecule has 0 atom stereocenters. The van der Waals surface area contributed by atoms with Crippen LogP contribution in [-0.4, -0.2) is 10.9 Å². The SMILES string of the molecule is N#CC1=CSCN1c1cccc(F)n1. The van der Waals surface area contributed by atoms with Gasteiger partial charge in [0, 0.05) is 5.41 Å². The van der Waals surface area contributed by atoms with Crippen molar-refractivity contribution in [1.82, 2.24) is 4.98 Å². The molecule has 0 fully saturated rings. The van der Waals surface area contributed by atoms with E-state index < -0.39 is 5.95 Å². The number of nitrogens with zero attached hydrogens (tertiary/aromatic N) is 3. The molecule has 1 aromatic heterocycles. The van der Waals surface area contributed by atoms with E-state index in [-0.39, 0.29) is 0 Å². The number of thioether (sulfide) groups is 1. The predicted molar refractivity (Wildman–Crippen MR) is 52.8 cm³/mol. The summed E-state index contributed by atoms with van der Waals surface area (Å²) < 4.78 is 12.8. The summed E-state index contributed by atoms with van der Waals surface area (Å²) in [5.74, 6) is 0.554. The first-order valence-electron chi connectivity index (χ1n) is 3.93. The van der Waals surface area contributed by atoms with E-state index in [1.807, 2.05) is 6.07 Å². The maximum atomic E-state index is 12.8. The molecule has 0 spiro atoms. The van der Waals surface area contributed by atoms with Crippen molar-refractivity contribution in [3.05, 3.63) is 35.3 Å². The van der Waals surface area contributed by atoms with Crippen LogP contribution < -0.4 is 4.90 Å². The highest BCUT2D eigenvalue weighted by atomic mass is 32.2. The van der Waals surface area contributed by atoms with Crippen LogP contribution in [0.2, 0.25) is 0 Å². The summed E-state index contributed by atoms with van der Waals surface area (Å²) in [5.41, 5.74) is 0.508. The smallest absolute Gasteiger partial charge is 0.214 e. The summed E-state index contributed by atoms with van der Waals surface area (Å²) in [6.45, 7) is 0. The molecule has 0 bridgehead atoms. The quantitative estimate of drug-likeness (QED) is 0.661. The van der Waals surface area contributed by atoms with Gasteiger partial charge in [0.1, 0.15) is 17.6 Å². The molecule has 2 heterocycles. The fourth-order valence-corrected chi connectivity index (χ4v) is 1.98. The minimum Gasteiger partial charge on any atom is -0.307 e. The third-order valence-electron chi connectivity index (χ3n) is 1.78. The Kier molecular flexibility index (Phi) is 2.37. The van der Waals surface area contributed by atoms with Crippen LogP contribution in [0.1, 0.15) is 0 Å². The van der Waals surface area contributed by atoms with E-state index in [9.17, 15) is 4.39 Å². The average molecular weight is 207 g/mol. The molecule has 70 valence electrons. The molecule has 14 heavy (non-hydrogen) atoms. The minimum absolute atomic E-state index is 0.475. The second kappa shape index (κ2) is 3.68. The molecule has 5 heteroatoms. The number of aromatic nitrogens is 1. The third kappa shape index (κ3) is 1.56. The Morgan fingerprint density at radius 3 is 3.14 bits per heavy atom. The fourth-order valence-electron chi connectivity index (χ4n) is 1.15. The van der Waals surface area contributed by atoms with E-state index in [4.69, 9.17) is 5.26 Å².